The molecule has 1 N–H and O–H groups in total. The van der Waals surface area contributed by atoms with Gasteiger partial charge in [-0.1, -0.05) is 26.0 Å². The largest absolute Gasteiger partial charge is 0.497 e. The smallest absolute Gasteiger partial charge is 0.170 e. The van der Waals surface area contributed by atoms with Crippen LogP contribution in [0.2, 0.25) is 0 Å². The van der Waals surface area contributed by atoms with Gasteiger partial charge in [0.2, 0.25) is 0 Å². The van der Waals surface area contributed by atoms with Crippen molar-refractivity contribution in [2.24, 2.45) is 5.92 Å². The topological polar surface area (TPSA) is 42.3 Å². The minimum absolute atomic E-state index is 0.0123. The Morgan fingerprint density at radius 2 is 2.00 bits per heavy atom. The Hall–Kier alpha value is -2.86. The van der Waals surface area contributed by atoms with Crippen molar-refractivity contribution in [3.05, 3.63) is 78.4 Å². The lowest BCUT2D eigenvalue weighted by Crippen LogP contribution is -2.33. The molecule has 6 heteroatoms. The maximum atomic E-state index is 5.74. The summed E-state index contributed by atoms with van der Waals surface area (Å²) in [5.74, 6) is 1.32. The van der Waals surface area contributed by atoms with Gasteiger partial charge in [-0.05, 0) is 54.5 Å². The van der Waals surface area contributed by atoms with Crippen LogP contribution in [0.5, 0.6) is 5.75 Å². The van der Waals surface area contributed by atoms with Crippen molar-refractivity contribution in [1.82, 2.24) is 19.8 Å². The Kier molecular flexibility index (Phi) is 5.53. The molecule has 2 aromatic heterocycles. The predicted octanol–water partition coefficient (Wildman–Crippen LogP) is 4.51. The highest BCUT2D eigenvalue weighted by Crippen LogP contribution is 2.40. The molecule has 150 valence electrons. The van der Waals surface area contributed by atoms with Gasteiger partial charge in [0, 0.05) is 36.4 Å². The van der Waals surface area contributed by atoms with E-state index in [1.807, 2.05) is 36.5 Å². The molecule has 3 heterocycles. The van der Waals surface area contributed by atoms with Crippen LogP contribution in [0, 0.1) is 5.92 Å². The molecule has 1 fully saturated rings. The summed E-state index contributed by atoms with van der Waals surface area (Å²) in [5.41, 5.74) is 3.22. The first-order valence-corrected chi connectivity index (χ1v) is 10.3. The quantitative estimate of drug-likeness (QED) is 0.610. The third-order valence-corrected chi connectivity index (χ3v) is 5.53. The summed E-state index contributed by atoms with van der Waals surface area (Å²) in [5, 5.41) is 4.30. The SMILES string of the molecule is COc1cccc(-n2cccc2[C@H]2[C@@H](c3ccccn3)NC(=S)N2CC(C)C)c1. The summed E-state index contributed by atoms with van der Waals surface area (Å²) in [4.78, 5) is 6.92. The summed E-state index contributed by atoms with van der Waals surface area (Å²) < 4.78 is 7.65. The Labute approximate surface area is 177 Å². The molecule has 0 aliphatic carbocycles. The fourth-order valence-corrected chi connectivity index (χ4v) is 4.26. The lowest BCUT2D eigenvalue weighted by atomic mass is 10.0. The first-order chi connectivity index (χ1) is 14.1. The van der Waals surface area contributed by atoms with Gasteiger partial charge in [0.05, 0.1) is 24.9 Å². The van der Waals surface area contributed by atoms with Gasteiger partial charge in [-0.25, -0.2) is 0 Å². The minimum Gasteiger partial charge on any atom is -0.497 e. The lowest BCUT2D eigenvalue weighted by Gasteiger charge is -2.30. The Bertz CT molecular complexity index is 985. The van der Waals surface area contributed by atoms with Gasteiger partial charge >= 0.3 is 0 Å². The van der Waals surface area contributed by atoms with Crippen LogP contribution in [0.3, 0.4) is 0 Å². The molecule has 1 aliphatic heterocycles. The number of benzene rings is 1. The van der Waals surface area contributed by atoms with Crippen LogP contribution in [0.4, 0.5) is 0 Å². The number of rotatable bonds is 6. The van der Waals surface area contributed by atoms with Crippen molar-refractivity contribution in [2.75, 3.05) is 13.7 Å². The maximum Gasteiger partial charge on any atom is 0.170 e. The van der Waals surface area contributed by atoms with Crippen LogP contribution in [0.25, 0.3) is 5.69 Å². The zero-order valence-electron chi connectivity index (χ0n) is 16.9. The monoisotopic (exact) mass is 406 g/mol. The van der Waals surface area contributed by atoms with E-state index in [4.69, 9.17) is 17.0 Å². The van der Waals surface area contributed by atoms with Gasteiger partial charge in [0.25, 0.3) is 0 Å². The molecule has 4 rings (SSSR count). The molecule has 0 spiro atoms. The van der Waals surface area contributed by atoms with Crippen LogP contribution in [-0.2, 0) is 0 Å². The first-order valence-electron chi connectivity index (χ1n) is 9.88. The van der Waals surface area contributed by atoms with Crippen molar-refractivity contribution in [2.45, 2.75) is 25.9 Å². The second kappa shape index (κ2) is 8.25. The number of hydrogen-bond acceptors (Lipinski definition) is 3. The molecule has 1 aliphatic rings. The highest BCUT2D eigenvalue weighted by Gasteiger charge is 2.41. The summed E-state index contributed by atoms with van der Waals surface area (Å²) in [6.45, 7) is 5.31. The van der Waals surface area contributed by atoms with Gasteiger partial charge in [-0.2, -0.15) is 0 Å². The Balaban J connectivity index is 1.81. The van der Waals surface area contributed by atoms with E-state index in [-0.39, 0.29) is 12.1 Å². The number of ether oxygens (including phenoxy) is 1. The molecule has 0 amide bonds. The molecular formula is C23H26N4OS. The van der Waals surface area contributed by atoms with Gasteiger partial charge in [0.1, 0.15) is 5.75 Å². The Morgan fingerprint density at radius 3 is 2.72 bits per heavy atom. The van der Waals surface area contributed by atoms with Crippen molar-refractivity contribution in [3.8, 4) is 11.4 Å². The van der Waals surface area contributed by atoms with E-state index in [9.17, 15) is 0 Å². The molecule has 0 bridgehead atoms. The van der Waals surface area contributed by atoms with E-state index in [0.717, 1.165) is 28.8 Å². The average Bonchev–Trinajstić information content (AvgIpc) is 3.33. The summed E-state index contributed by atoms with van der Waals surface area (Å²) >= 11 is 5.74. The molecule has 1 saturated heterocycles. The average molecular weight is 407 g/mol. The van der Waals surface area contributed by atoms with Crippen LogP contribution in [0.1, 0.15) is 37.3 Å². The number of nitrogens with zero attached hydrogens (tertiary/aromatic N) is 3. The summed E-state index contributed by atoms with van der Waals surface area (Å²) in [6, 6.07) is 18.4. The molecule has 2 atom stereocenters. The van der Waals surface area contributed by atoms with Gasteiger partial charge in [-0.15, -0.1) is 0 Å². The second-order valence-electron chi connectivity index (χ2n) is 7.68. The zero-order valence-corrected chi connectivity index (χ0v) is 17.8. The van der Waals surface area contributed by atoms with Crippen LogP contribution in [0.15, 0.2) is 67.0 Å². The molecule has 0 radical (unpaired) electrons. The molecule has 5 nitrogen and oxygen atoms in total. The van der Waals surface area contributed by atoms with E-state index < -0.39 is 0 Å². The van der Waals surface area contributed by atoms with Crippen molar-refractivity contribution in [3.63, 3.8) is 0 Å². The summed E-state index contributed by atoms with van der Waals surface area (Å²) in [7, 11) is 1.69. The zero-order chi connectivity index (χ0) is 20.4. The van der Waals surface area contributed by atoms with Crippen molar-refractivity contribution >= 4 is 17.3 Å². The van der Waals surface area contributed by atoms with Gasteiger partial charge in [0.15, 0.2) is 5.11 Å². The van der Waals surface area contributed by atoms with E-state index in [1.165, 1.54) is 5.69 Å². The molecule has 29 heavy (non-hydrogen) atoms. The number of hydrogen-bond donors (Lipinski definition) is 1. The lowest BCUT2D eigenvalue weighted by molar-refractivity contribution is 0.280. The standard InChI is InChI=1S/C23H26N4OS/c1-16(2)15-27-22(21(25-23(27)29)19-10-4-5-12-24-19)20-11-7-13-26(20)17-8-6-9-18(14-17)28-3/h4-14,16,21-22H,15H2,1-3H3,(H,25,29)/t21-,22+/m1/s1. The summed E-state index contributed by atoms with van der Waals surface area (Å²) in [6.07, 6.45) is 3.93. The Morgan fingerprint density at radius 1 is 1.14 bits per heavy atom. The fraction of sp³-hybridized carbons (Fsp3) is 0.304. The molecular weight excluding hydrogens is 380 g/mol. The second-order valence-corrected chi connectivity index (χ2v) is 8.06. The maximum absolute atomic E-state index is 5.74. The normalized spacial score (nSPS) is 18.9. The van der Waals surface area contributed by atoms with Gasteiger partial charge < -0.3 is 19.5 Å². The number of pyridine rings is 1. The highest BCUT2D eigenvalue weighted by atomic mass is 32.1. The van der Waals surface area contributed by atoms with Crippen LogP contribution in [-0.4, -0.2) is 33.2 Å². The number of thiocarbonyl (C=S) groups is 1. The highest BCUT2D eigenvalue weighted by molar-refractivity contribution is 7.80. The fourth-order valence-electron chi connectivity index (χ4n) is 3.95. The third kappa shape index (κ3) is 3.85. The molecule has 0 saturated carbocycles. The molecule has 3 aromatic rings. The van der Waals surface area contributed by atoms with Crippen LogP contribution < -0.4 is 10.1 Å². The van der Waals surface area contributed by atoms with Gasteiger partial charge in [-0.3, -0.25) is 4.98 Å². The van der Waals surface area contributed by atoms with Crippen molar-refractivity contribution < 1.29 is 4.74 Å². The minimum atomic E-state index is -0.0123. The molecule has 0 unspecified atom stereocenters. The van der Waals surface area contributed by atoms with E-state index >= 15 is 0 Å². The van der Waals surface area contributed by atoms with E-state index in [0.29, 0.717) is 5.92 Å². The van der Waals surface area contributed by atoms with Crippen molar-refractivity contribution in [1.29, 1.82) is 0 Å². The van der Waals surface area contributed by atoms with E-state index in [1.54, 1.807) is 7.11 Å². The van der Waals surface area contributed by atoms with Crippen LogP contribution >= 0.6 is 12.2 Å². The third-order valence-electron chi connectivity index (χ3n) is 5.17. The first kappa shape index (κ1) is 19.5. The number of methoxy groups -OCH3 is 1. The molecule has 1 aromatic carbocycles. The number of aromatic nitrogens is 2. The van der Waals surface area contributed by atoms with E-state index in [2.05, 4.69) is 64.1 Å². The number of nitrogens with one attached hydrogen (secondary N) is 1. The predicted molar refractivity (Wildman–Crippen MR) is 119 cm³/mol.